The Morgan fingerprint density at radius 3 is 2.37 bits per heavy atom. The molecule has 0 saturated carbocycles. The zero-order valence-corrected chi connectivity index (χ0v) is 24.0. The number of thiocarbonyl (C=S) groups is 1. The van der Waals surface area contributed by atoms with Crippen LogP contribution in [0.5, 0.6) is 11.5 Å². The number of halogens is 2. The topological polar surface area (TPSA) is 78.2 Å². The van der Waals surface area contributed by atoms with E-state index in [-0.39, 0.29) is 0 Å². The smallest absolute Gasteiger partial charge is 0.175 e. The molecule has 0 bridgehead atoms. The largest absolute Gasteiger partial charge is 0.490 e. The maximum absolute atomic E-state index is 6.17. The van der Waals surface area contributed by atoms with Gasteiger partial charge in [0.05, 0.1) is 65.3 Å². The van der Waals surface area contributed by atoms with E-state index in [1.165, 1.54) is 0 Å². The molecule has 0 aliphatic heterocycles. The third-order valence-electron chi connectivity index (χ3n) is 5.78. The molecule has 2 heterocycles. The van der Waals surface area contributed by atoms with E-state index in [9.17, 15) is 0 Å². The summed E-state index contributed by atoms with van der Waals surface area (Å²) in [6, 6.07) is 11.5. The second-order valence-corrected chi connectivity index (χ2v) is 9.83. The number of ether oxygens (including phenoxy) is 2. The highest BCUT2D eigenvalue weighted by Gasteiger charge is 2.14. The summed E-state index contributed by atoms with van der Waals surface area (Å²) in [5, 5.41) is 17.1. The molecule has 4 rings (SSSR count). The van der Waals surface area contributed by atoms with E-state index < -0.39 is 0 Å². The van der Waals surface area contributed by atoms with Gasteiger partial charge in [-0.3, -0.25) is 9.36 Å². The first-order valence-corrected chi connectivity index (χ1v) is 13.4. The van der Waals surface area contributed by atoms with Crippen LogP contribution in [0.4, 0.5) is 11.4 Å². The van der Waals surface area contributed by atoms with Crippen molar-refractivity contribution >= 4 is 51.9 Å². The van der Waals surface area contributed by atoms with Crippen molar-refractivity contribution in [3.63, 3.8) is 0 Å². The van der Waals surface area contributed by atoms with Crippen LogP contribution < -0.4 is 20.1 Å². The van der Waals surface area contributed by atoms with Crippen molar-refractivity contribution in [3.8, 4) is 11.5 Å². The van der Waals surface area contributed by atoms with Crippen LogP contribution in [0, 0.1) is 13.8 Å². The second kappa shape index (κ2) is 12.5. The number of aromatic nitrogens is 4. The second-order valence-electron chi connectivity index (χ2n) is 8.60. The highest BCUT2D eigenvalue weighted by atomic mass is 35.5. The van der Waals surface area contributed by atoms with Crippen molar-refractivity contribution in [2.75, 3.05) is 23.8 Å². The fourth-order valence-electron chi connectivity index (χ4n) is 4.01. The van der Waals surface area contributed by atoms with Gasteiger partial charge in [0.25, 0.3) is 0 Å². The minimum absolute atomic E-state index is 0.449. The van der Waals surface area contributed by atoms with Crippen LogP contribution in [0.25, 0.3) is 0 Å². The minimum atomic E-state index is 0.449. The molecule has 0 atom stereocenters. The van der Waals surface area contributed by atoms with Gasteiger partial charge in [-0.2, -0.15) is 10.2 Å². The predicted octanol–water partition coefficient (Wildman–Crippen LogP) is 6.71. The van der Waals surface area contributed by atoms with E-state index in [2.05, 4.69) is 20.8 Å². The van der Waals surface area contributed by atoms with E-state index in [1.54, 1.807) is 12.3 Å². The van der Waals surface area contributed by atoms with Crippen molar-refractivity contribution in [1.82, 2.24) is 19.6 Å². The third-order valence-corrected chi connectivity index (χ3v) is 6.72. The number of rotatable bonds is 10. The number of hydrogen-bond donors (Lipinski definition) is 2. The summed E-state index contributed by atoms with van der Waals surface area (Å²) < 4.78 is 15.1. The molecule has 0 amide bonds. The lowest BCUT2D eigenvalue weighted by Crippen LogP contribution is -2.19. The van der Waals surface area contributed by atoms with Crippen molar-refractivity contribution in [1.29, 1.82) is 0 Å². The summed E-state index contributed by atoms with van der Waals surface area (Å²) in [5.41, 5.74) is 5.47. The van der Waals surface area contributed by atoms with Gasteiger partial charge in [-0.25, -0.2) is 0 Å². The molecule has 2 aromatic heterocycles. The molecule has 38 heavy (non-hydrogen) atoms. The number of aryl methyl sites for hydroxylation is 1. The van der Waals surface area contributed by atoms with E-state index in [4.69, 9.17) is 44.9 Å². The summed E-state index contributed by atoms with van der Waals surface area (Å²) in [6.07, 6.45) is 3.64. The Balaban J connectivity index is 1.39. The Hall–Kier alpha value is -3.27. The maximum atomic E-state index is 6.17. The summed E-state index contributed by atoms with van der Waals surface area (Å²) in [7, 11) is 0. The Morgan fingerprint density at radius 1 is 0.921 bits per heavy atom. The third kappa shape index (κ3) is 6.78. The molecule has 2 N–H and O–H groups in total. The summed E-state index contributed by atoms with van der Waals surface area (Å²) in [6.45, 7) is 10.1. The van der Waals surface area contributed by atoms with Crippen LogP contribution in [-0.4, -0.2) is 37.9 Å². The van der Waals surface area contributed by atoms with Gasteiger partial charge < -0.3 is 20.1 Å². The van der Waals surface area contributed by atoms with Crippen LogP contribution in [0.1, 0.15) is 36.4 Å². The van der Waals surface area contributed by atoms with Gasteiger partial charge in [-0.15, -0.1) is 0 Å². The van der Waals surface area contributed by atoms with Crippen LogP contribution >= 0.6 is 35.4 Å². The molecule has 8 nitrogen and oxygen atoms in total. The fraction of sp³-hybridized carbons (Fsp3) is 0.296. The summed E-state index contributed by atoms with van der Waals surface area (Å²) in [4.78, 5) is 0. The average molecular weight is 574 g/mol. The maximum Gasteiger partial charge on any atom is 0.175 e. The molecule has 0 spiro atoms. The summed E-state index contributed by atoms with van der Waals surface area (Å²) in [5.74, 6) is 1.47. The average Bonchev–Trinajstić information content (AvgIpc) is 3.42. The highest BCUT2D eigenvalue weighted by molar-refractivity contribution is 7.80. The molecule has 0 aliphatic carbocycles. The number of anilines is 2. The lowest BCUT2D eigenvalue weighted by molar-refractivity contribution is 0.287. The standard InChI is InChI=1S/C27H30Cl2N6O2S/c1-5-36-24-10-8-20(12-25(24)37-6-2)14-34-16-21(13-30-34)31-27(38)32-26-17(3)33-35(18(26)4)15-19-7-9-22(28)23(29)11-19/h7-13,16H,5-6,14-15H2,1-4H3,(H2,31,32,38). The van der Waals surface area contributed by atoms with E-state index >= 15 is 0 Å². The summed E-state index contributed by atoms with van der Waals surface area (Å²) >= 11 is 17.8. The van der Waals surface area contributed by atoms with Crippen LogP contribution in [-0.2, 0) is 13.1 Å². The number of benzene rings is 2. The molecular weight excluding hydrogens is 543 g/mol. The van der Waals surface area contributed by atoms with Crippen molar-refractivity contribution < 1.29 is 9.47 Å². The molecule has 200 valence electrons. The molecule has 0 radical (unpaired) electrons. The Morgan fingerprint density at radius 2 is 1.63 bits per heavy atom. The zero-order chi connectivity index (χ0) is 27.2. The Labute approximate surface area is 237 Å². The lowest BCUT2D eigenvalue weighted by Gasteiger charge is -2.12. The van der Waals surface area contributed by atoms with Crippen LogP contribution in [0.15, 0.2) is 48.8 Å². The van der Waals surface area contributed by atoms with Gasteiger partial charge in [0, 0.05) is 6.20 Å². The van der Waals surface area contributed by atoms with E-state index in [1.807, 2.05) is 73.6 Å². The first kappa shape index (κ1) is 27.8. The molecule has 4 aromatic rings. The Bertz CT molecular complexity index is 1440. The SMILES string of the molecule is CCOc1ccc(Cn2cc(NC(=S)Nc3c(C)nn(Cc4ccc(Cl)c(Cl)c4)c3C)cn2)cc1OCC. The fourth-order valence-corrected chi connectivity index (χ4v) is 4.55. The number of nitrogens with one attached hydrogen (secondary N) is 2. The van der Waals surface area contributed by atoms with Gasteiger partial charge in [0.2, 0.25) is 0 Å². The van der Waals surface area contributed by atoms with Crippen LogP contribution in [0.3, 0.4) is 0 Å². The molecule has 0 saturated heterocycles. The lowest BCUT2D eigenvalue weighted by atomic mass is 10.2. The van der Waals surface area contributed by atoms with Gasteiger partial charge in [0.15, 0.2) is 16.6 Å². The van der Waals surface area contributed by atoms with Crippen molar-refractivity contribution in [2.45, 2.75) is 40.8 Å². The van der Waals surface area contributed by atoms with Gasteiger partial charge in [0.1, 0.15) is 0 Å². The zero-order valence-electron chi connectivity index (χ0n) is 21.7. The monoisotopic (exact) mass is 572 g/mol. The minimum Gasteiger partial charge on any atom is -0.490 e. The Kier molecular flexibility index (Phi) is 9.14. The normalized spacial score (nSPS) is 10.9. The predicted molar refractivity (Wildman–Crippen MR) is 157 cm³/mol. The molecule has 0 aliphatic rings. The van der Waals surface area contributed by atoms with E-state index in [0.717, 1.165) is 45.4 Å². The van der Waals surface area contributed by atoms with E-state index in [0.29, 0.717) is 41.5 Å². The number of nitrogens with zero attached hydrogens (tertiary/aromatic N) is 4. The van der Waals surface area contributed by atoms with Crippen molar-refractivity contribution in [3.05, 3.63) is 81.4 Å². The molecule has 0 fully saturated rings. The molecule has 11 heteroatoms. The molecule has 2 aromatic carbocycles. The van der Waals surface area contributed by atoms with Crippen LogP contribution in [0.2, 0.25) is 10.0 Å². The quantitative estimate of drug-likeness (QED) is 0.204. The first-order valence-electron chi connectivity index (χ1n) is 12.2. The number of hydrogen-bond acceptors (Lipinski definition) is 5. The highest BCUT2D eigenvalue weighted by Crippen LogP contribution is 2.29. The first-order chi connectivity index (χ1) is 18.3. The van der Waals surface area contributed by atoms with Gasteiger partial charge >= 0.3 is 0 Å². The molecular formula is C27H30Cl2N6O2S. The molecule has 0 unspecified atom stereocenters. The van der Waals surface area contributed by atoms with Crippen molar-refractivity contribution in [2.24, 2.45) is 0 Å². The van der Waals surface area contributed by atoms with Gasteiger partial charge in [-0.1, -0.05) is 35.3 Å². The van der Waals surface area contributed by atoms with Gasteiger partial charge in [-0.05, 0) is 75.3 Å².